The Morgan fingerprint density at radius 3 is 2.63 bits per heavy atom. The molecule has 2 rings (SSSR count). The van der Waals surface area contributed by atoms with Crippen LogP contribution in [0.15, 0.2) is 42.7 Å². The highest BCUT2D eigenvalue weighted by molar-refractivity contribution is 6.31. The van der Waals surface area contributed by atoms with Gasteiger partial charge in [-0.15, -0.1) is 0 Å². The Hall–Kier alpha value is -1.58. The fraction of sp³-hybridized carbons (Fsp3) is 0.267. The van der Waals surface area contributed by atoms with Gasteiger partial charge in [-0.2, -0.15) is 0 Å². The maximum atomic E-state index is 6.07. The number of nitrogens with one attached hydrogen (secondary N) is 1. The summed E-state index contributed by atoms with van der Waals surface area (Å²) in [7, 11) is 1.67. The van der Waals surface area contributed by atoms with Crippen LogP contribution in [0.4, 0.5) is 0 Å². The summed E-state index contributed by atoms with van der Waals surface area (Å²) >= 11 is 6.07. The molecule has 1 aromatic carbocycles. The highest BCUT2D eigenvalue weighted by Gasteiger charge is 2.06. The Bertz CT molecular complexity index is 528. The molecule has 0 aliphatic heterocycles. The van der Waals surface area contributed by atoms with Crippen molar-refractivity contribution in [1.29, 1.82) is 0 Å². The average Bonchev–Trinajstić information content (AvgIpc) is 2.46. The van der Waals surface area contributed by atoms with Crippen molar-refractivity contribution in [3.8, 4) is 5.75 Å². The Morgan fingerprint density at radius 2 is 2.00 bits per heavy atom. The van der Waals surface area contributed by atoms with Gasteiger partial charge in [0.05, 0.1) is 12.1 Å². The number of benzene rings is 1. The smallest absolute Gasteiger partial charge is 0.118 e. The topological polar surface area (TPSA) is 34.1 Å². The minimum atomic E-state index is 0.245. The molecule has 1 N–H and O–H groups in total. The second kappa shape index (κ2) is 6.55. The molecular weight excluding hydrogens is 260 g/mol. The molecule has 0 bridgehead atoms. The van der Waals surface area contributed by atoms with Gasteiger partial charge >= 0.3 is 0 Å². The molecule has 19 heavy (non-hydrogen) atoms. The number of nitrogens with zero attached hydrogens (tertiary/aromatic N) is 1. The molecule has 0 spiro atoms. The SMILES string of the molecule is COc1ccc([C@H](C)NCc2ccncc2Cl)cc1. The molecule has 1 atom stereocenters. The van der Waals surface area contributed by atoms with E-state index in [1.807, 2.05) is 18.2 Å². The van der Waals surface area contributed by atoms with Gasteiger partial charge in [0, 0.05) is 25.0 Å². The van der Waals surface area contributed by atoms with E-state index in [4.69, 9.17) is 16.3 Å². The number of pyridine rings is 1. The van der Waals surface area contributed by atoms with Crippen LogP contribution < -0.4 is 10.1 Å². The van der Waals surface area contributed by atoms with Gasteiger partial charge in [-0.05, 0) is 36.2 Å². The minimum absolute atomic E-state index is 0.245. The third-order valence-electron chi connectivity index (χ3n) is 3.07. The fourth-order valence-corrected chi connectivity index (χ4v) is 2.01. The van der Waals surface area contributed by atoms with Crippen LogP contribution in [0.1, 0.15) is 24.1 Å². The third-order valence-corrected chi connectivity index (χ3v) is 3.41. The molecule has 0 unspecified atom stereocenters. The van der Waals surface area contributed by atoms with Crippen molar-refractivity contribution in [1.82, 2.24) is 10.3 Å². The van der Waals surface area contributed by atoms with Gasteiger partial charge in [0.25, 0.3) is 0 Å². The normalized spacial score (nSPS) is 12.2. The minimum Gasteiger partial charge on any atom is -0.497 e. The van der Waals surface area contributed by atoms with Crippen LogP contribution in [0.25, 0.3) is 0 Å². The highest BCUT2D eigenvalue weighted by atomic mass is 35.5. The number of hydrogen-bond acceptors (Lipinski definition) is 3. The van der Waals surface area contributed by atoms with E-state index in [2.05, 4.69) is 29.4 Å². The summed E-state index contributed by atoms with van der Waals surface area (Å²) < 4.78 is 5.15. The molecule has 0 amide bonds. The second-order valence-corrected chi connectivity index (χ2v) is 4.75. The zero-order valence-electron chi connectivity index (χ0n) is 11.1. The molecule has 0 aliphatic carbocycles. The summed E-state index contributed by atoms with van der Waals surface area (Å²) in [4.78, 5) is 3.98. The Morgan fingerprint density at radius 1 is 1.26 bits per heavy atom. The van der Waals surface area contributed by atoms with Crippen molar-refractivity contribution in [2.45, 2.75) is 19.5 Å². The summed E-state index contributed by atoms with van der Waals surface area (Å²) in [6, 6.07) is 10.2. The summed E-state index contributed by atoms with van der Waals surface area (Å²) in [5, 5.41) is 4.13. The molecular formula is C15H17ClN2O. The van der Waals surface area contributed by atoms with Gasteiger partial charge in [-0.25, -0.2) is 0 Å². The highest BCUT2D eigenvalue weighted by Crippen LogP contribution is 2.19. The van der Waals surface area contributed by atoms with E-state index in [1.165, 1.54) is 5.56 Å². The van der Waals surface area contributed by atoms with E-state index in [0.717, 1.165) is 11.3 Å². The van der Waals surface area contributed by atoms with Crippen LogP contribution in [-0.2, 0) is 6.54 Å². The van der Waals surface area contributed by atoms with E-state index in [9.17, 15) is 0 Å². The van der Waals surface area contributed by atoms with Crippen molar-refractivity contribution in [2.75, 3.05) is 7.11 Å². The quantitative estimate of drug-likeness (QED) is 0.906. The molecule has 1 aromatic heterocycles. The van der Waals surface area contributed by atoms with Crippen LogP contribution in [-0.4, -0.2) is 12.1 Å². The number of methoxy groups -OCH3 is 1. The average molecular weight is 277 g/mol. The lowest BCUT2D eigenvalue weighted by Crippen LogP contribution is -2.18. The van der Waals surface area contributed by atoms with Gasteiger partial charge in [-0.1, -0.05) is 23.7 Å². The Labute approximate surface area is 118 Å². The molecule has 0 radical (unpaired) electrons. The van der Waals surface area contributed by atoms with Crippen LogP contribution in [0.3, 0.4) is 0 Å². The largest absolute Gasteiger partial charge is 0.497 e. The molecule has 0 saturated carbocycles. The van der Waals surface area contributed by atoms with Crippen LogP contribution in [0.5, 0.6) is 5.75 Å². The molecule has 4 heteroatoms. The van der Waals surface area contributed by atoms with E-state index in [0.29, 0.717) is 11.6 Å². The fourth-order valence-electron chi connectivity index (χ4n) is 1.82. The summed E-state index contributed by atoms with van der Waals surface area (Å²) in [5.74, 6) is 0.869. The van der Waals surface area contributed by atoms with Crippen molar-refractivity contribution in [3.05, 3.63) is 58.9 Å². The van der Waals surface area contributed by atoms with E-state index in [1.54, 1.807) is 19.5 Å². The van der Waals surface area contributed by atoms with Crippen LogP contribution >= 0.6 is 11.6 Å². The number of rotatable bonds is 5. The van der Waals surface area contributed by atoms with Crippen molar-refractivity contribution in [3.63, 3.8) is 0 Å². The summed E-state index contributed by atoms with van der Waals surface area (Å²) in [5.41, 5.74) is 2.27. The maximum absolute atomic E-state index is 6.07. The number of hydrogen-bond donors (Lipinski definition) is 1. The molecule has 0 saturated heterocycles. The second-order valence-electron chi connectivity index (χ2n) is 4.34. The molecule has 0 fully saturated rings. The number of halogens is 1. The zero-order valence-corrected chi connectivity index (χ0v) is 11.8. The van der Waals surface area contributed by atoms with Gasteiger partial charge in [0.1, 0.15) is 5.75 Å². The molecule has 100 valence electrons. The van der Waals surface area contributed by atoms with Gasteiger partial charge in [0.15, 0.2) is 0 Å². The summed E-state index contributed by atoms with van der Waals surface area (Å²) in [6.07, 6.45) is 3.41. The third kappa shape index (κ3) is 3.69. The first-order chi connectivity index (χ1) is 9.20. The van der Waals surface area contributed by atoms with Crippen LogP contribution in [0, 0.1) is 0 Å². The first kappa shape index (κ1) is 13.8. The number of ether oxygens (including phenoxy) is 1. The monoisotopic (exact) mass is 276 g/mol. The lowest BCUT2D eigenvalue weighted by Gasteiger charge is -2.15. The van der Waals surface area contributed by atoms with Gasteiger partial charge in [0.2, 0.25) is 0 Å². The lowest BCUT2D eigenvalue weighted by atomic mass is 10.1. The van der Waals surface area contributed by atoms with Gasteiger partial charge < -0.3 is 10.1 Å². The van der Waals surface area contributed by atoms with E-state index in [-0.39, 0.29) is 6.04 Å². The molecule has 2 aromatic rings. The Balaban J connectivity index is 1.97. The van der Waals surface area contributed by atoms with E-state index >= 15 is 0 Å². The molecule has 3 nitrogen and oxygen atoms in total. The van der Waals surface area contributed by atoms with Crippen molar-refractivity contribution >= 4 is 11.6 Å². The first-order valence-corrected chi connectivity index (χ1v) is 6.54. The lowest BCUT2D eigenvalue weighted by molar-refractivity contribution is 0.414. The molecule has 0 aliphatic rings. The van der Waals surface area contributed by atoms with Gasteiger partial charge in [-0.3, -0.25) is 4.98 Å². The molecule has 1 heterocycles. The number of aromatic nitrogens is 1. The predicted molar refractivity (Wildman–Crippen MR) is 77.5 cm³/mol. The Kier molecular flexibility index (Phi) is 4.77. The first-order valence-electron chi connectivity index (χ1n) is 6.16. The predicted octanol–water partition coefficient (Wildman–Crippen LogP) is 3.59. The standard InChI is InChI=1S/C15H17ClN2O/c1-11(12-3-5-14(19-2)6-4-12)18-9-13-7-8-17-10-15(13)16/h3-8,10-11,18H,9H2,1-2H3/t11-/m0/s1. The maximum Gasteiger partial charge on any atom is 0.118 e. The van der Waals surface area contributed by atoms with Crippen molar-refractivity contribution < 1.29 is 4.74 Å². The van der Waals surface area contributed by atoms with E-state index < -0.39 is 0 Å². The zero-order chi connectivity index (χ0) is 13.7. The van der Waals surface area contributed by atoms with Crippen LogP contribution in [0.2, 0.25) is 5.02 Å². The summed E-state index contributed by atoms with van der Waals surface area (Å²) in [6.45, 7) is 2.84. The van der Waals surface area contributed by atoms with Crippen molar-refractivity contribution in [2.24, 2.45) is 0 Å².